The highest BCUT2D eigenvalue weighted by atomic mass is 16.3. The van der Waals surface area contributed by atoms with Gasteiger partial charge in [0.05, 0.1) is 0 Å². The average molecular weight is 361 g/mol. The van der Waals surface area contributed by atoms with Crippen LogP contribution in [0.15, 0.2) is 78.9 Å². The predicted octanol–water partition coefficient (Wildman–Crippen LogP) is 4.39. The van der Waals surface area contributed by atoms with Crippen molar-refractivity contribution in [2.45, 2.75) is 25.4 Å². The highest BCUT2D eigenvalue weighted by Gasteiger charge is 2.40. The Bertz CT molecular complexity index is 903. The number of hydrogen-bond donors (Lipinski definition) is 3. The smallest absolute Gasteiger partial charge is 0.265 e. The van der Waals surface area contributed by atoms with Gasteiger partial charge in [-0.3, -0.25) is 4.79 Å². The second-order valence-electron chi connectivity index (χ2n) is 6.85. The van der Waals surface area contributed by atoms with E-state index in [1.807, 2.05) is 30.3 Å². The van der Waals surface area contributed by atoms with Crippen molar-refractivity contribution in [3.05, 3.63) is 95.6 Å². The van der Waals surface area contributed by atoms with Crippen LogP contribution in [0.1, 0.15) is 36.5 Å². The van der Waals surface area contributed by atoms with E-state index in [2.05, 4.69) is 19.2 Å². The van der Waals surface area contributed by atoms with Crippen molar-refractivity contribution in [1.82, 2.24) is 0 Å². The van der Waals surface area contributed by atoms with Gasteiger partial charge in [0.2, 0.25) is 0 Å². The molecule has 1 unspecified atom stereocenters. The third-order valence-electron chi connectivity index (χ3n) is 4.64. The Morgan fingerprint density at radius 1 is 0.852 bits per heavy atom. The molecule has 0 bridgehead atoms. The molecule has 0 heterocycles. The number of rotatable bonds is 5. The maximum absolute atomic E-state index is 13.1. The number of aromatic hydroxyl groups is 1. The Hall–Kier alpha value is -3.11. The number of carbonyl (C=O) groups excluding carboxylic acids is 1. The standard InChI is InChI=1S/C23H23NO3/c1-16(2)17-8-12-20(13-9-17)24-22(26)23(27,18-6-4-3-5-7-18)19-10-14-21(25)15-11-19/h3-16,25,27H,1-2H3,(H,24,26). The zero-order valence-electron chi connectivity index (χ0n) is 15.4. The molecule has 0 aromatic heterocycles. The largest absolute Gasteiger partial charge is 0.508 e. The monoisotopic (exact) mass is 361 g/mol. The Balaban J connectivity index is 1.97. The van der Waals surface area contributed by atoms with Crippen LogP contribution in [0, 0.1) is 0 Å². The fraction of sp³-hybridized carbons (Fsp3) is 0.174. The molecule has 4 nitrogen and oxygen atoms in total. The van der Waals surface area contributed by atoms with Crippen molar-refractivity contribution in [3.63, 3.8) is 0 Å². The van der Waals surface area contributed by atoms with Crippen LogP contribution in [0.4, 0.5) is 5.69 Å². The second kappa shape index (κ2) is 7.64. The quantitative estimate of drug-likeness (QED) is 0.631. The minimum absolute atomic E-state index is 0.0684. The van der Waals surface area contributed by atoms with Crippen LogP contribution in [0.25, 0.3) is 0 Å². The van der Waals surface area contributed by atoms with Crippen LogP contribution >= 0.6 is 0 Å². The summed E-state index contributed by atoms with van der Waals surface area (Å²) in [5.74, 6) is -0.0940. The summed E-state index contributed by atoms with van der Waals surface area (Å²) in [7, 11) is 0. The number of carbonyl (C=O) groups is 1. The lowest BCUT2D eigenvalue weighted by Gasteiger charge is -2.28. The van der Waals surface area contributed by atoms with Crippen molar-refractivity contribution in [2.24, 2.45) is 0 Å². The zero-order valence-corrected chi connectivity index (χ0v) is 15.4. The van der Waals surface area contributed by atoms with Crippen LogP contribution in [0.2, 0.25) is 0 Å². The van der Waals surface area contributed by atoms with E-state index in [0.29, 0.717) is 22.7 Å². The number of benzene rings is 3. The Morgan fingerprint density at radius 2 is 1.41 bits per heavy atom. The maximum Gasteiger partial charge on any atom is 0.265 e. The van der Waals surface area contributed by atoms with Gasteiger partial charge < -0.3 is 15.5 Å². The van der Waals surface area contributed by atoms with Crippen LogP contribution in [-0.2, 0) is 10.4 Å². The van der Waals surface area contributed by atoms with E-state index in [4.69, 9.17) is 0 Å². The molecule has 3 N–H and O–H groups in total. The minimum atomic E-state index is -1.88. The number of nitrogens with one attached hydrogen (secondary N) is 1. The molecular formula is C23H23NO3. The third-order valence-corrected chi connectivity index (χ3v) is 4.64. The molecule has 0 spiro atoms. The topological polar surface area (TPSA) is 69.6 Å². The average Bonchev–Trinajstić information content (AvgIpc) is 2.69. The van der Waals surface area contributed by atoms with Gasteiger partial charge >= 0.3 is 0 Å². The van der Waals surface area contributed by atoms with Gasteiger partial charge in [0.15, 0.2) is 5.60 Å². The summed E-state index contributed by atoms with van der Waals surface area (Å²) in [6, 6.07) is 22.3. The summed E-state index contributed by atoms with van der Waals surface area (Å²) in [4.78, 5) is 13.1. The highest BCUT2D eigenvalue weighted by Crippen LogP contribution is 2.32. The number of anilines is 1. The van der Waals surface area contributed by atoms with Crippen LogP contribution in [0.3, 0.4) is 0 Å². The SMILES string of the molecule is CC(C)c1ccc(NC(=O)C(O)(c2ccccc2)c2ccc(O)cc2)cc1. The Kier molecular flexibility index (Phi) is 5.28. The summed E-state index contributed by atoms with van der Waals surface area (Å²) < 4.78 is 0. The predicted molar refractivity (Wildman–Crippen MR) is 107 cm³/mol. The lowest BCUT2D eigenvalue weighted by Crippen LogP contribution is -2.41. The highest BCUT2D eigenvalue weighted by molar-refractivity contribution is 6.00. The van der Waals surface area contributed by atoms with Gasteiger partial charge in [-0.25, -0.2) is 0 Å². The summed E-state index contributed by atoms with van der Waals surface area (Å²) in [6.45, 7) is 4.21. The van der Waals surface area contributed by atoms with Crippen molar-refractivity contribution in [1.29, 1.82) is 0 Å². The van der Waals surface area contributed by atoms with Gasteiger partial charge in [-0.1, -0.05) is 68.4 Å². The zero-order chi connectivity index (χ0) is 19.4. The lowest BCUT2D eigenvalue weighted by molar-refractivity contribution is -0.131. The molecule has 0 aliphatic rings. The van der Waals surface area contributed by atoms with Crippen LogP contribution in [0.5, 0.6) is 5.75 Å². The summed E-state index contributed by atoms with van der Waals surface area (Å²) in [6.07, 6.45) is 0. The first-order chi connectivity index (χ1) is 12.9. The molecule has 0 radical (unpaired) electrons. The van der Waals surface area contributed by atoms with E-state index in [1.165, 1.54) is 17.7 Å². The van der Waals surface area contributed by atoms with Gasteiger partial charge in [0.1, 0.15) is 5.75 Å². The summed E-state index contributed by atoms with van der Waals surface area (Å²) in [5.41, 5.74) is 0.725. The molecule has 4 heteroatoms. The Morgan fingerprint density at radius 3 is 1.96 bits per heavy atom. The third kappa shape index (κ3) is 3.86. The van der Waals surface area contributed by atoms with E-state index in [-0.39, 0.29) is 5.75 Å². The molecule has 3 aromatic carbocycles. The number of aliphatic hydroxyl groups is 1. The second-order valence-corrected chi connectivity index (χ2v) is 6.85. The van der Waals surface area contributed by atoms with E-state index >= 15 is 0 Å². The number of phenolic OH excluding ortho intramolecular Hbond substituents is 1. The van der Waals surface area contributed by atoms with Gasteiger partial charge in [0, 0.05) is 5.69 Å². The van der Waals surface area contributed by atoms with Gasteiger partial charge in [0.25, 0.3) is 5.91 Å². The van der Waals surface area contributed by atoms with E-state index in [1.54, 1.807) is 36.4 Å². The Labute approximate surface area is 159 Å². The van der Waals surface area contributed by atoms with Gasteiger partial charge in [-0.05, 0) is 46.9 Å². The molecule has 27 heavy (non-hydrogen) atoms. The van der Waals surface area contributed by atoms with E-state index < -0.39 is 11.5 Å². The molecule has 1 amide bonds. The van der Waals surface area contributed by atoms with Gasteiger partial charge in [-0.2, -0.15) is 0 Å². The molecular weight excluding hydrogens is 338 g/mol. The van der Waals surface area contributed by atoms with Crippen molar-refractivity contribution >= 4 is 11.6 Å². The molecule has 0 saturated carbocycles. The fourth-order valence-electron chi connectivity index (χ4n) is 2.98. The van der Waals surface area contributed by atoms with Crippen molar-refractivity contribution < 1.29 is 15.0 Å². The first kappa shape index (κ1) is 18.7. The molecule has 3 rings (SSSR count). The van der Waals surface area contributed by atoms with Crippen LogP contribution < -0.4 is 5.32 Å². The fourth-order valence-corrected chi connectivity index (χ4v) is 2.98. The minimum Gasteiger partial charge on any atom is -0.508 e. The normalized spacial score (nSPS) is 13.2. The lowest BCUT2D eigenvalue weighted by atomic mass is 9.85. The summed E-state index contributed by atoms with van der Waals surface area (Å²) >= 11 is 0. The number of hydrogen-bond acceptors (Lipinski definition) is 3. The molecule has 1 atom stereocenters. The molecule has 138 valence electrons. The molecule has 0 saturated heterocycles. The first-order valence-electron chi connectivity index (χ1n) is 8.90. The van der Waals surface area contributed by atoms with E-state index in [0.717, 1.165) is 0 Å². The molecule has 0 aliphatic heterocycles. The first-order valence-corrected chi connectivity index (χ1v) is 8.90. The van der Waals surface area contributed by atoms with Crippen molar-refractivity contribution in [3.8, 4) is 5.75 Å². The molecule has 0 aliphatic carbocycles. The van der Waals surface area contributed by atoms with Crippen molar-refractivity contribution in [2.75, 3.05) is 5.32 Å². The maximum atomic E-state index is 13.1. The number of phenols is 1. The summed E-state index contributed by atoms with van der Waals surface area (Å²) in [5, 5.41) is 23.8. The molecule has 0 fully saturated rings. The van der Waals surface area contributed by atoms with E-state index in [9.17, 15) is 15.0 Å². The molecule has 3 aromatic rings. The van der Waals surface area contributed by atoms with Crippen LogP contribution in [-0.4, -0.2) is 16.1 Å². The van der Waals surface area contributed by atoms with Gasteiger partial charge in [-0.15, -0.1) is 0 Å². The number of amides is 1.